The summed E-state index contributed by atoms with van der Waals surface area (Å²) in [5.41, 5.74) is 0.358. The molecule has 0 radical (unpaired) electrons. The molecule has 1 saturated heterocycles. The minimum Gasteiger partial charge on any atom is -0.376 e. The van der Waals surface area contributed by atoms with Crippen LogP contribution in [0, 0.1) is 10.1 Å². The highest BCUT2D eigenvalue weighted by Crippen LogP contribution is 2.33. The SMILES string of the molecule is O=C1C(Cl)=C(c2ccc([N+](=O)[O-])cc2)C(=O)N1CC1CCCO1. The van der Waals surface area contributed by atoms with Crippen LogP contribution >= 0.6 is 11.6 Å². The minimum absolute atomic E-state index is 0.0737. The van der Waals surface area contributed by atoms with E-state index >= 15 is 0 Å². The quantitative estimate of drug-likeness (QED) is 0.477. The van der Waals surface area contributed by atoms with Gasteiger partial charge in [0.05, 0.1) is 23.1 Å². The first-order valence-corrected chi connectivity index (χ1v) is 7.49. The molecule has 2 aliphatic rings. The van der Waals surface area contributed by atoms with Crippen molar-refractivity contribution in [1.82, 2.24) is 4.90 Å². The first-order valence-electron chi connectivity index (χ1n) is 7.11. The van der Waals surface area contributed by atoms with Gasteiger partial charge in [-0.25, -0.2) is 0 Å². The van der Waals surface area contributed by atoms with Crippen LogP contribution in [0.1, 0.15) is 18.4 Å². The van der Waals surface area contributed by atoms with Crippen molar-refractivity contribution >= 4 is 34.7 Å². The molecule has 1 aromatic rings. The fraction of sp³-hybridized carbons (Fsp3) is 0.333. The first kappa shape index (κ1) is 15.6. The van der Waals surface area contributed by atoms with Crippen LogP contribution in [0.15, 0.2) is 29.3 Å². The van der Waals surface area contributed by atoms with Gasteiger partial charge in [0, 0.05) is 18.7 Å². The Bertz CT molecular complexity index is 707. The average molecular weight is 337 g/mol. The average Bonchev–Trinajstić information content (AvgIpc) is 3.11. The molecule has 2 aliphatic heterocycles. The van der Waals surface area contributed by atoms with E-state index in [1.807, 2.05) is 0 Å². The fourth-order valence-corrected chi connectivity index (χ4v) is 3.00. The van der Waals surface area contributed by atoms with Crippen LogP contribution < -0.4 is 0 Å². The van der Waals surface area contributed by atoms with Crippen molar-refractivity contribution in [3.63, 3.8) is 0 Å². The normalized spacial score (nSPS) is 21.4. The molecule has 3 rings (SSSR count). The fourth-order valence-electron chi connectivity index (χ4n) is 2.70. The van der Waals surface area contributed by atoms with E-state index < -0.39 is 16.7 Å². The summed E-state index contributed by atoms with van der Waals surface area (Å²) in [6.45, 7) is 0.793. The lowest BCUT2D eigenvalue weighted by molar-refractivity contribution is -0.384. The van der Waals surface area contributed by atoms with E-state index in [9.17, 15) is 19.7 Å². The lowest BCUT2D eigenvalue weighted by Gasteiger charge is -2.18. The molecular formula is C15H13ClN2O5. The summed E-state index contributed by atoms with van der Waals surface area (Å²) >= 11 is 6.03. The Morgan fingerprint density at radius 2 is 1.96 bits per heavy atom. The molecule has 0 spiro atoms. The van der Waals surface area contributed by atoms with Gasteiger partial charge in [-0.15, -0.1) is 0 Å². The number of nitro benzene ring substituents is 1. The van der Waals surface area contributed by atoms with Gasteiger partial charge < -0.3 is 4.74 Å². The highest BCUT2D eigenvalue weighted by atomic mass is 35.5. The molecule has 2 heterocycles. The van der Waals surface area contributed by atoms with Crippen LogP contribution in [-0.4, -0.2) is 40.9 Å². The Balaban J connectivity index is 1.85. The van der Waals surface area contributed by atoms with E-state index in [1.54, 1.807) is 0 Å². The van der Waals surface area contributed by atoms with Gasteiger partial charge in [-0.3, -0.25) is 24.6 Å². The number of carbonyl (C=O) groups excluding carboxylic acids is 2. The first-order chi connectivity index (χ1) is 11.0. The molecule has 0 N–H and O–H groups in total. The second-order valence-corrected chi connectivity index (χ2v) is 5.73. The highest BCUT2D eigenvalue weighted by molar-refractivity contribution is 6.55. The van der Waals surface area contributed by atoms with E-state index in [2.05, 4.69) is 0 Å². The number of benzene rings is 1. The lowest BCUT2D eigenvalue weighted by atomic mass is 10.1. The van der Waals surface area contributed by atoms with Gasteiger partial charge in [-0.2, -0.15) is 0 Å². The molecule has 1 aromatic carbocycles. The summed E-state index contributed by atoms with van der Waals surface area (Å²) in [6, 6.07) is 5.37. The molecular weight excluding hydrogens is 324 g/mol. The van der Waals surface area contributed by atoms with Crippen LogP contribution in [0.5, 0.6) is 0 Å². The number of hydrogen-bond acceptors (Lipinski definition) is 5. The molecule has 8 heteroatoms. The van der Waals surface area contributed by atoms with E-state index in [0.29, 0.717) is 12.2 Å². The maximum atomic E-state index is 12.5. The van der Waals surface area contributed by atoms with Crippen molar-refractivity contribution in [2.24, 2.45) is 0 Å². The van der Waals surface area contributed by atoms with Gasteiger partial charge in [0.1, 0.15) is 5.03 Å². The number of ether oxygens (including phenoxy) is 1. The summed E-state index contributed by atoms with van der Waals surface area (Å²) in [7, 11) is 0. The summed E-state index contributed by atoms with van der Waals surface area (Å²) in [6.07, 6.45) is 1.53. The van der Waals surface area contributed by atoms with Gasteiger partial charge in [-0.1, -0.05) is 11.6 Å². The minimum atomic E-state index is -0.555. The van der Waals surface area contributed by atoms with Crippen molar-refractivity contribution in [3.05, 3.63) is 45.0 Å². The lowest BCUT2D eigenvalue weighted by Crippen LogP contribution is -2.37. The van der Waals surface area contributed by atoms with Crippen molar-refractivity contribution in [1.29, 1.82) is 0 Å². The predicted octanol–water partition coefficient (Wildman–Crippen LogP) is 2.09. The van der Waals surface area contributed by atoms with E-state index in [0.717, 1.165) is 17.7 Å². The molecule has 0 aliphatic carbocycles. The number of rotatable bonds is 4. The second-order valence-electron chi connectivity index (χ2n) is 5.35. The number of nitrogens with zero attached hydrogens (tertiary/aromatic N) is 2. The second kappa shape index (κ2) is 6.10. The molecule has 7 nitrogen and oxygen atoms in total. The standard InChI is InChI=1S/C15H13ClN2O5/c16-13-12(9-3-5-10(6-4-9)18(21)22)14(19)17(15(13)20)8-11-2-1-7-23-11/h3-6,11H,1-2,7-8H2. The largest absolute Gasteiger partial charge is 0.376 e. The van der Waals surface area contributed by atoms with Crippen LogP contribution in [0.2, 0.25) is 0 Å². The third kappa shape index (κ3) is 2.85. The van der Waals surface area contributed by atoms with Crippen molar-refractivity contribution in [2.75, 3.05) is 13.2 Å². The molecule has 1 unspecified atom stereocenters. The molecule has 0 bridgehead atoms. The maximum Gasteiger partial charge on any atom is 0.273 e. The number of imide groups is 1. The smallest absolute Gasteiger partial charge is 0.273 e. The number of halogens is 1. The Hall–Kier alpha value is -2.25. The maximum absolute atomic E-state index is 12.5. The number of amides is 2. The summed E-state index contributed by atoms with van der Waals surface area (Å²) < 4.78 is 5.45. The number of carbonyl (C=O) groups is 2. The zero-order chi connectivity index (χ0) is 16.6. The number of non-ortho nitro benzene ring substituents is 1. The zero-order valence-corrected chi connectivity index (χ0v) is 12.8. The molecule has 23 heavy (non-hydrogen) atoms. The van der Waals surface area contributed by atoms with Crippen LogP contribution in [0.4, 0.5) is 5.69 Å². The molecule has 0 aromatic heterocycles. The van der Waals surface area contributed by atoms with Crippen LogP contribution in [0.3, 0.4) is 0 Å². The van der Waals surface area contributed by atoms with Gasteiger partial charge in [0.25, 0.3) is 17.5 Å². The van der Waals surface area contributed by atoms with Gasteiger partial charge >= 0.3 is 0 Å². The molecule has 0 saturated carbocycles. The van der Waals surface area contributed by atoms with Crippen molar-refractivity contribution in [3.8, 4) is 0 Å². The zero-order valence-electron chi connectivity index (χ0n) is 12.0. The Morgan fingerprint density at radius 1 is 1.26 bits per heavy atom. The van der Waals surface area contributed by atoms with E-state index in [1.165, 1.54) is 24.3 Å². The molecule has 2 amide bonds. The summed E-state index contributed by atoms with van der Waals surface area (Å²) in [4.78, 5) is 35.9. The van der Waals surface area contributed by atoms with Gasteiger partial charge in [0.2, 0.25) is 0 Å². The van der Waals surface area contributed by atoms with Crippen molar-refractivity contribution in [2.45, 2.75) is 18.9 Å². The highest BCUT2D eigenvalue weighted by Gasteiger charge is 2.39. The van der Waals surface area contributed by atoms with E-state index in [-0.39, 0.29) is 28.9 Å². The summed E-state index contributed by atoms with van der Waals surface area (Å²) in [5, 5.41) is 10.5. The van der Waals surface area contributed by atoms with Crippen molar-refractivity contribution < 1.29 is 19.2 Å². The summed E-state index contributed by atoms with van der Waals surface area (Å²) in [5.74, 6) is -1.05. The molecule has 1 atom stereocenters. The Labute approximate surface area is 136 Å². The van der Waals surface area contributed by atoms with E-state index in [4.69, 9.17) is 16.3 Å². The Kier molecular flexibility index (Phi) is 4.14. The molecule has 120 valence electrons. The Morgan fingerprint density at radius 3 is 2.52 bits per heavy atom. The monoisotopic (exact) mass is 336 g/mol. The predicted molar refractivity (Wildman–Crippen MR) is 81.6 cm³/mol. The number of hydrogen-bond donors (Lipinski definition) is 0. The third-order valence-electron chi connectivity index (χ3n) is 3.89. The topological polar surface area (TPSA) is 89.8 Å². The van der Waals surface area contributed by atoms with Gasteiger partial charge in [0.15, 0.2) is 0 Å². The van der Waals surface area contributed by atoms with Crippen LogP contribution in [0.25, 0.3) is 5.57 Å². The van der Waals surface area contributed by atoms with Crippen LogP contribution in [-0.2, 0) is 14.3 Å². The third-order valence-corrected chi connectivity index (χ3v) is 4.24. The van der Waals surface area contributed by atoms with Gasteiger partial charge in [-0.05, 0) is 30.5 Å². The number of nitro groups is 1. The molecule has 1 fully saturated rings.